The average Bonchev–Trinajstić information content (AvgIpc) is 3.17. The van der Waals surface area contributed by atoms with Crippen LogP contribution in [-0.2, 0) is 6.54 Å². The molecule has 0 spiro atoms. The molecule has 0 saturated heterocycles. The van der Waals surface area contributed by atoms with Crippen molar-refractivity contribution in [2.45, 2.75) is 13.5 Å². The fraction of sp³-hybridized carbons (Fsp3) is 0.154. The Morgan fingerprint density at radius 2 is 1.55 bits per heavy atom. The number of aromatic nitrogens is 2. The smallest absolute Gasteiger partial charge is 0.258 e. The van der Waals surface area contributed by atoms with Crippen molar-refractivity contribution in [2.24, 2.45) is 0 Å². The molecular weight excluding hydrogens is 386 g/mol. The van der Waals surface area contributed by atoms with Crippen molar-refractivity contribution in [1.82, 2.24) is 14.7 Å². The predicted molar refractivity (Wildman–Crippen MR) is 123 cm³/mol. The van der Waals surface area contributed by atoms with Crippen LogP contribution in [0.1, 0.15) is 21.6 Å². The van der Waals surface area contributed by atoms with Crippen LogP contribution < -0.4 is 4.74 Å². The summed E-state index contributed by atoms with van der Waals surface area (Å²) in [6.07, 6.45) is 0. The van der Waals surface area contributed by atoms with E-state index in [0.29, 0.717) is 17.8 Å². The highest BCUT2D eigenvalue weighted by Gasteiger charge is 2.26. The maximum Gasteiger partial charge on any atom is 0.258 e. The Labute approximate surface area is 182 Å². The number of rotatable bonds is 6. The molecule has 156 valence electrons. The second kappa shape index (κ2) is 8.88. The molecule has 0 unspecified atom stereocenters. The van der Waals surface area contributed by atoms with E-state index in [0.717, 1.165) is 28.3 Å². The SMILES string of the molecule is COc1ccccc1CN(C)C(=O)c1c(-c2ccccc2)nn(-c2ccccc2)c1C. The summed E-state index contributed by atoms with van der Waals surface area (Å²) < 4.78 is 7.30. The average molecular weight is 412 g/mol. The number of nitrogens with zero attached hydrogens (tertiary/aromatic N) is 3. The van der Waals surface area contributed by atoms with Gasteiger partial charge in [-0.2, -0.15) is 5.10 Å². The maximum absolute atomic E-state index is 13.6. The van der Waals surface area contributed by atoms with Crippen LogP contribution in [0.25, 0.3) is 16.9 Å². The molecule has 0 aliphatic carbocycles. The third-order valence-corrected chi connectivity index (χ3v) is 5.32. The van der Waals surface area contributed by atoms with Crippen LogP contribution >= 0.6 is 0 Å². The molecule has 1 aromatic heterocycles. The van der Waals surface area contributed by atoms with Crippen molar-refractivity contribution >= 4 is 5.91 Å². The number of hydrogen-bond acceptors (Lipinski definition) is 3. The number of carbonyl (C=O) groups excluding carboxylic acids is 1. The van der Waals surface area contributed by atoms with Crippen molar-refractivity contribution in [3.63, 3.8) is 0 Å². The standard InChI is InChI=1S/C26H25N3O2/c1-19-24(26(30)28(2)18-21-14-10-11-17-23(21)31-3)25(20-12-6-4-7-13-20)27-29(19)22-15-8-5-9-16-22/h4-17H,18H2,1-3H3. The van der Waals surface area contributed by atoms with E-state index >= 15 is 0 Å². The van der Waals surface area contributed by atoms with Gasteiger partial charge in [0.15, 0.2) is 0 Å². The Kier molecular flexibility index (Phi) is 5.85. The molecule has 31 heavy (non-hydrogen) atoms. The summed E-state index contributed by atoms with van der Waals surface area (Å²) in [7, 11) is 3.45. The first kappa shape index (κ1) is 20.4. The molecule has 5 heteroatoms. The van der Waals surface area contributed by atoms with Crippen molar-refractivity contribution < 1.29 is 9.53 Å². The molecule has 3 aromatic carbocycles. The number of ether oxygens (including phenoxy) is 1. The summed E-state index contributed by atoms with van der Waals surface area (Å²) in [5.41, 5.74) is 4.88. The quantitative estimate of drug-likeness (QED) is 0.442. The van der Waals surface area contributed by atoms with Crippen molar-refractivity contribution in [1.29, 1.82) is 0 Å². The zero-order chi connectivity index (χ0) is 21.8. The second-order valence-corrected chi connectivity index (χ2v) is 7.40. The highest BCUT2D eigenvalue weighted by atomic mass is 16.5. The molecule has 0 radical (unpaired) electrons. The summed E-state index contributed by atoms with van der Waals surface area (Å²) in [5, 5.41) is 4.84. The zero-order valence-corrected chi connectivity index (χ0v) is 17.9. The van der Waals surface area contributed by atoms with Gasteiger partial charge in [0.1, 0.15) is 11.4 Å². The van der Waals surface area contributed by atoms with Gasteiger partial charge in [-0.1, -0.05) is 66.7 Å². The summed E-state index contributed by atoms with van der Waals surface area (Å²) >= 11 is 0. The summed E-state index contributed by atoms with van der Waals surface area (Å²) in [6.45, 7) is 2.38. The molecule has 4 rings (SSSR count). The number of amides is 1. The third-order valence-electron chi connectivity index (χ3n) is 5.32. The van der Waals surface area contributed by atoms with Gasteiger partial charge < -0.3 is 9.64 Å². The predicted octanol–water partition coefficient (Wildman–Crippen LogP) is 5.13. The van der Waals surface area contributed by atoms with Crippen molar-refractivity contribution in [3.05, 3.63) is 102 Å². The molecule has 0 saturated carbocycles. The Morgan fingerprint density at radius 3 is 2.23 bits per heavy atom. The molecule has 1 amide bonds. The molecule has 0 atom stereocenters. The first-order valence-corrected chi connectivity index (χ1v) is 10.2. The Hall–Kier alpha value is -3.86. The lowest BCUT2D eigenvalue weighted by Gasteiger charge is -2.19. The van der Waals surface area contributed by atoms with E-state index in [1.165, 1.54) is 0 Å². The minimum absolute atomic E-state index is 0.0792. The van der Waals surface area contributed by atoms with Gasteiger partial charge in [0.25, 0.3) is 5.91 Å². The molecule has 5 nitrogen and oxygen atoms in total. The minimum Gasteiger partial charge on any atom is -0.496 e. The van der Waals surface area contributed by atoms with Gasteiger partial charge in [-0.25, -0.2) is 4.68 Å². The van der Waals surface area contributed by atoms with Crippen LogP contribution in [-0.4, -0.2) is 34.7 Å². The van der Waals surface area contributed by atoms with Gasteiger partial charge >= 0.3 is 0 Å². The van der Waals surface area contributed by atoms with Crippen molar-refractivity contribution in [2.75, 3.05) is 14.2 Å². The molecule has 0 fully saturated rings. The summed E-state index contributed by atoms with van der Waals surface area (Å²) in [5.74, 6) is 0.687. The van der Waals surface area contributed by atoms with E-state index in [4.69, 9.17) is 9.84 Å². The summed E-state index contributed by atoms with van der Waals surface area (Å²) in [6, 6.07) is 27.5. The van der Waals surface area contributed by atoms with Gasteiger partial charge in [-0.3, -0.25) is 4.79 Å². The topological polar surface area (TPSA) is 47.4 Å². The molecule has 4 aromatic rings. The van der Waals surface area contributed by atoms with E-state index in [1.54, 1.807) is 12.0 Å². The van der Waals surface area contributed by atoms with E-state index in [1.807, 2.05) is 104 Å². The highest BCUT2D eigenvalue weighted by Crippen LogP contribution is 2.29. The molecule has 1 heterocycles. The lowest BCUT2D eigenvalue weighted by Crippen LogP contribution is -2.27. The molecule has 0 aliphatic heterocycles. The van der Waals surface area contributed by atoms with Crippen LogP contribution in [0, 0.1) is 6.92 Å². The fourth-order valence-electron chi connectivity index (χ4n) is 3.73. The van der Waals surface area contributed by atoms with Crippen LogP contribution in [0.4, 0.5) is 0 Å². The van der Waals surface area contributed by atoms with E-state index < -0.39 is 0 Å². The first-order chi connectivity index (χ1) is 15.1. The second-order valence-electron chi connectivity index (χ2n) is 7.40. The largest absolute Gasteiger partial charge is 0.496 e. The number of hydrogen-bond donors (Lipinski definition) is 0. The van der Waals surface area contributed by atoms with Crippen LogP contribution in [0.2, 0.25) is 0 Å². The van der Waals surface area contributed by atoms with Gasteiger partial charge in [-0.15, -0.1) is 0 Å². The highest BCUT2D eigenvalue weighted by molar-refractivity contribution is 6.01. The molecule has 0 bridgehead atoms. The van der Waals surface area contributed by atoms with E-state index in [2.05, 4.69) is 0 Å². The minimum atomic E-state index is -0.0792. The monoisotopic (exact) mass is 411 g/mol. The van der Waals surface area contributed by atoms with Crippen molar-refractivity contribution in [3.8, 4) is 22.7 Å². The van der Waals surface area contributed by atoms with Crippen LogP contribution in [0.3, 0.4) is 0 Å². The Balaban J connectivity index is 1.77. The fourth-order valence-corrected chi connectivity index (χ4v) is 3.73. The Morgan fingerprint density at radius 1 is 0.935 bits per heavy atom. The van der Waals surface area contributed by atoms with E-state index in [-0.39, 0.29) is 5.91 Å². The van der Waals surface area contributed by atoms with Gasteiger partial charge in [0.05, 0.1) is 24.1 Å². The lowest BCUT2D eigenvalue weighted by atomic mass is 10.0. The number of benzene rings is 3. The number of methoxy groups -OCH3 is 1. The van der Waals surface area contributed by atoms with Gasteiger partial charge in [0.2, 0.25) is 0 Å². The first-order valence-electron chi connectivity index (χ1n) is 10.2. The zero-order valence-electron chi connectivity index (χ0n) is 17.9. The normalized spacial score (nSPS) is 10.7. The third kappa shape index (κ3) is 4.08. The van der Waals surface area contributed by atoms with Crippen LogP contribution in [0.5, 0.6) is 5.75 Å². The summed E-state index contributed by atoms with van der Waals surface area (Å²) in [4.78, 5) is 15.4. The molecule has 0 aliphatic rings. The van der Waals surface area contributed by atoms with Crippen LogP contribution in [0.15, 0.2) is 84.9 Å². The van der Waals surface area contributed by atoms with E-state index in [9.17, 15) is 4.79 Å². The number of para-hydroxylation sites is 2. The van der Waals surface area contributed by atoms with Gasteiger partial charge in [-0.05, 0) is 25.1 Å². The molecular formula is C26H25N3O2. The lowest BCUT2D eigenvalue weighted by molar-refractivity contribution is 0.0784. The number of carbonyl (C=O) groups is 1. The van der Waals surface area contributed by atoms with Gasteiger partial charge in [0, 0.05) is 24.7 Å². The Bertz CT molecular complexity index is 1180. The molecule has 0 N–H and O–H groups in total. The maximum atomic E-state index is 13.6.